The van der Waals surface area contributed by atoms with Crippen LogP contribution in [0.2, 0.25) is 0 Å². The third-order valence-electron chi connectivity index (χ3n) is 5.66. The Hall–Kier alpha value is -3.10. The summed E-state index contributed by atoms with van der Waals surface area (Å²) in [5.74, 6) is -0.449. The molecule has 0 bridgehead atoms. The van der Waals surface area contributed by atoms with E-state index in [4.69, 9.17) is 9.26 Å². The number of aromatic nitrogens is 3. The van der Waals surface area contributed by atoms with Crippen molar-refractivity contribution in [1.29, 1.82) is 0 Å². The highest BCUT2D eigenvalue weighted by Gasteiger charge is 2.46. The van der Waals surface area contributed by atoms with Crippen LogP contribution in [-0.2, 0) is 0 Å². The third-order valence-corrected chi connectivity index (χ3v) is 5.66. The van der Waals surface area contributed by atoms with Gasteiger partial charge in [0.05, 0.1) is 12.0 Å². The summed E-state index contributed by atoms with van der Waals surface area (Å²) in [5.41, 5.74) is 1.23. The maximum Gasteiger partial charge on any atom is 0.258 e. The smallest absolute Gasteiger partial charge is 0.258 e. The van der Waals surface area contributed by atoms with Gasteiger partial charge in [-0.25, -0.2) is 0 Å². The van der Waals surface area contributed by atoms with Gasteiger partial charge in [-0.3, -0.25) is 9.78 Å². The van der Waals surface area contributed by atoms with Gasteiger partial charge >= 0.3 is 0 Å². The second kappa shape index (κ2) is 6.47. The molecule has 1 saturated carbocycles. The van der Waals surface area contributed by atoms with E-state index in [2.05, 4.69) is 15.1 Å². The fraction of sp³-hybridized carbons (Fsp3) is 0.333. The number of Topliss-reactive ketones (excluding diaryl/α,β-unsaturated/α-hetero) is 1. The fourth-order valence-corrected chi connectivity index (χ4v) is 3.97. The maximum absolute atomic E-state index is 12.9. The number of nitrogens with zero attached hydrogens (tertiary/aromatic N) is 3. The topological polar surface area (TPSA) is 119 Å². The number of ketones is 1. The summed E-state index contributed by atoms with van der Waals surface area (Å²) in [6.07, 6.45) is 4.74. The molecule has 29 heavy (non-hydrogen) atoms. The molecule has 0 atom stereocenters. The van der Waals surface area contributed by atoms with Gasteiger partial charge in [-0.2, -0.15) is 4.98 Å². The van der Waals surface area contributed by atoms with Gasteiger partial charge in [0.2, 0.25) is 5.82 Å². The van der Waals surface area contributed by atoms with Gasteiger partial charge < -0.3 is 19.5 Å². The molecule has 0 unspecified atom stereocenters. The number of ether oxygens (including phenoxy) is 1. The van der Waals surface area contributed by atoms with Gasteiger partial charge in [0.1, 0.15) is 11.4 Å². The average Bonchev–Trinajstić information content (AvgIpc) is 3.22. The second-order valence-electron chi connectivity index (χ2n) is 7.74. The summed E-state index contributed by atoms with van der Waals surface area (Å²) in [6, 6.07) is 8.80. The van der Waals surface area contributed by atoms with Crippen LogP contribution in [0.5, 0.6) is 5.75 Å². The van der Waals surface area contributed by atoms with Crippen molar-refractivity contribution in [2.45, 2.75) is 43.5 Å². The van der Waals surface area contributed by atoms with Crippen LogP contribution in [0, 0.1) is 0 Å². The van der Waals surface area contributed by atoms with Crippen molar-refractivity contribution in [2.75, 3.05) is 0 Å². The van der Waals surface area contributed by atoms with Crippen LogP contribution in [0.4, 0.5) is 0 Å². The van der Waals surface area contributed by atoms with Crippen LogP contribution >= 0.6 is 0 Å². The number of aliphatic hydroxyl groups is 2. The van der Waals surface area contributed by atoms with Crippen LogP contribution in [0.3, 0.4) is 0 Å². The molecule has 2 N–H and O–H groups in total. The summed E-state index contributed by atoms with van der Waals surface area (Å²) in [7, 11) is 0. The summed E-state index contributed by atoms with van der Waals surface area (Å²) in [4.78, 5) is 21.2. The van der Waals surface area contributed by atoms with E-state index < -0.39 is 11.4 Å². The summed E-state index contributed by atoms with van der Waals surface area (Å²) in [5, 5.41) is 23.6. The van der Waals surface area contributed by atoms with E-state index in [0.717, 1.165) is 5.56 Å². The normalized spacial score (nSPS) is 19.6. The zero-order valence-electron chi connectivity index (χ0n) is 15.5. The molecule has 1 aliphatic carbocycles. The lowest BCUT2D eigenvalue weighted by Gasteiger charge is -2.44. The first-order chi connectivity index (χ1) is 13.9. The molecule has 1 spiro atoms. The molecule has 8 heteroatoms. The minimum atomic E-state index is -1.67. The number of carbonyl (C=O) groups excluding carboxylic acids is 1. The van der Waals surface area contributed by atoms with Gasteiger partial charge in [-0.15, -0.1) is 0 Å². The second-order valence-corrected chi connectivity index (χ2v) is 7.74. The molecule has 8 nitrogen and oxygen atoms in total. The summed E-state index contributed by atoms with van der Waals surface area (Å²) >= 11 is 0. The third kappa shape index (κ3) is 3.30. The highest BCUT2D eigenvalue weighted by atomic mass is 16.5. The molecular weight excluding hydrogens is 374 g/mol. The van der Waals surface area contributed by atoms with E-state index >= 15 is 0 Å². The molecule has 0 radical (unpaired) electrons. The van der Waals surface area contributed by atoms with Crippen molar-refractivity contribution in [1.82, 2.24) is 15.1 Å². The predicted octanol–water partition coefficient (Wildman–Crippen LogP) is 2.76. The van der Waals surface area contributed by atoms with Crippen molar-refractivity contribution >= 4 is 5.78 Å². The van der Waals surface area contributed by atoms with E-state index in [1.807, 2.05) is 0 Å². The number of hydrogen-bond donors (Lipinski definition) is 2. The molecule has 0 saturated heterocycles. The minimum absolute atomic E-state index is 0.0367. The largest absolute Gasteiger partial charge is 0.486 e. The Kier molecular flexibility index (Phi) is 4.01. The van der Waals surface area contributed by atoms with Crippen molar-refractivity contribution < 1.29 is 24.3 Å². The molecule has 2 aliphatic rings. The molecule has 148 valence electrons. The Morgan fingerprint density at radius 2 is 1.72 bits per heavy atom. The van der Waals surface area contributed by atoms with E-state index in [1.54, 1.807) is 42.7 Å². The zero-order valence-corrected chi connectivity index (χ0v) is 15.5. The van der Waals surface area contributed by atoms with Crippen molar-refractivity contribution in [3.05, 3.63) is 48.3 Å². The molecule has 1 aliphatic heterocycles. The van der Waals surface area contributed by atoms with Gasteiger partial charge in [0.25, 0.3) is 5.89 Å². The van der Waals surface area contributed by atoms with E-state index in [0.29, 0.717) is 41.4 Å². The van der Waals surface area contributed by atoms with Crippen LogP contribution in [0.25, 0.3) is 22.8 Å². The monoisotopic (exact) mass is 393 g/mol. The van der Waals surface area contributed by atoms with Crippen LogP contribution < -0.4 is 4.74 Å². The first-order valence-corrected chi connectivity index (χ1v) is 9.49. The number of carbonyl (C=O) groups is 1. The van der Waals surface area contributed by atoms with Crippen LogP contribution in [0.1, 0.15) is 42.5 Å². The Morgan fingerprint density at radius 3 is 2.48 bits per heavy atom. The summed E-state index contributed by atoms with van der Waals surface area (Å²) in [6.45, 7) is 0. The Balaban J connectivity index is 1.42. The Labute approximate surface area is 166 Å². The van der Waals surface area contributed by atoms with Gasteiger partial charge in [0, 0.05) is 36.4 Å². The molecule has 3 aromatic rings. The van der Waals surface area contributed by atoms with E-state index in [-0.39, 0.29) is 25.0 Å². The molecular formula is C21H19N3O5. The Morgan fingerprint density at radius 1 is 0.966 bits per heavy atom. The maximum atomic E-state index is 12.9. The van der Waals surface area contributed by atoms with Crippen molar-refractivity contribution in [3.8, 4) is 28.6 Å². The van der Waals surface area contributed by atoms with E-state index in [1.165, 1.54) is 0 Å². The van der Waals surface area contributed by atoms with Crippen LogP contribution in [0.15, 0.2) is 47.2 Å². The first kappa shape index (κ1) is 18.0. The summed E-state index contributed by atoms with van der Waals surface area (Å²) < 4.78 is 11.5. The van der Waals surface area contributed by atoms with Crippen molar-refractivity contribution in [2.24, 2.45) is 0 Å². The average molecular weight is 393 g/mol. The van der Waals surface area contributed by atoms with E-state index in [9.17, 15) is 15.0 Å². The number of hydrogen-bond acceptors (Lipinski definition) is 8. The SMILES string of the molecule is O=C1CC2(CCC(O)(O)CC2)Oc2ccc(-c3nc(-c4ccncc4)no3)cc21. The van der Waals surface area contributed by atoms with Gasteiger partial charge in [-0.05, 0) is 43.2 Å². The lowest BCUT2D eigenvalue weighted by molar-refractivity contribution is -0.202. The van der Waals surface area contributed by atoms with Crippen molar-refractivity contribution in [3.63, 3.8) is 0 Å². The number of fused-ring (bicyclic) bond motifs is 1. The number of benzene rings is 1. The predicted molar refractivity (Wildman–Crippen MR) is 101 cm³/mol. The van der Waals surface area contributed by atoms with Crippen LogP contribution in [-0.4, -0.2) is 42.5 Å². The lowest BCUT2D eigenvalue weighted by atomic mass is 9.76. The van der Waals surface area contributed by atoms with Gasteiger partial charge in [0.15, 0.2) is 11.6 Å². The standard InChI is InChI=1S/C21H19N3O5/c25-16-12-20(5-7-21(26,27)8-6-20)28-17-2-1-14(11-15(16)17)19-23-18(24-29-19)13-3-9-22-10-4-13/h1-4,9-11,26-27H,5-8,12H2. The Bertz CT molecular complexity index is 1070. The van der Waals surface area contributed by atoms with Gasteiger partial charge in [-0.1, -0.05) is 5.16 Å². The zero-order chi connectivity index (χ0) is 20.1. The lowest BCUT2D eigenvalue weighted by Crippen LogP contribution is -2.49. The number of pyridine rings is 1. The molecule has 5 rings (SSSR count). The molecule has 2 aromatic heterocycles. The molecule has 1 aromatic carbocycles. The minimum Gasteiger partial charge on any atom is -0.486 e. The fourth-order valence-electron chi connectivity index (χ4n) is 3.97. The molecule has 1 fully saturated rings. The quantitative estimate of drug-likeness (QED) is 0.638. The number of rotatable bonds is 2. The first-order valence-electron chi connectivity index (χ1n) is 9.49. The molecule has 0 amide bonds. The highest BCUT2D eigenvalue weighted by molar-refractivity contribution is 6.01. The highest BCUT2D eigenvalue weighted by Crippen LogP contribution is 2.44. The molecule has 3 heterocycles.